The predicted molar refractivity (Wildman–Crippen MR) is 189 cm³/mol. The molecule has 4 heterocycles. The third-order valence-corrected chi connectivity index (χ3v) is 11.0. The average Bonchev–Trinajstić information content (AvgIpc) is 3.90. The fourth-order valence-electron chi connectivity index (χ4n) is 6.44. The van der Waals surface area contributed by atoms with E-state index in [0.29, 0.717) is 51.3 Å². The van der Waals surface area contributed by atoms with E-state index < -0.39 is 32.2 Å². The zero-order chi connectivity index (χ0) is 35.2. The lowest BCUT2D eigenvalue weighted by molar-refractivity contribution is 0.0908. The van der Waals surface area contributed by atoms with Gasteiger partial charge in [0.2, 0.25) is 0 Å². The van der Waals surface area contributed by atoms with Gasteiger partial charge in [-0.3, -0.25) is 19.1 Å². The van der Waals surface area contributed by atoms with Crippen LogP contribution < -0.4 is 9.64 Å². The summed E-state index contributed by atoms with van der Waals surface area (Å²) in [5.41, 5.74) is 4.15. The number of halogens is 2. The van der Waals surface area contributed by atoms with Gasteiger partial charge in [-0.1, -0.05) is 19.6 Å². The summed E-state index contributed by atoms with van der Waals surface area (Å²) in [6, 6.07) is 13.6. The number of amides is 1. The number of fused-ring (bicyclic) bond motifs is 2. The highest BCUT2D eigenvalue weighted by Crippen LogP contribution is 2.44. The van der Waals surface area contributed by atoms with Crippen molar-refractivity contribution in [2.45, 2.75) is 57.8 Å². The largest absolute Gasteiger partial charge is 0.491 e. The van der Waals surface area contributed by atoms with Gasteiger partial charge in [0, 0.05) is 43.6 Å². The van der Waals surface area contributed by atoms with Gasteiger partial charge in [-0.2, -0.15) is 0 Å². The molecule has 2 aromatic carbocycles. The van der Waals surface area contributed by atoms with Crippen molar-refractivity contribution in [3.63, 3.8) is 0 Å². The Kier molecular flexibility index (Phi) is 9.10. The van der Waals surface area contributed by atoms with Crippen molar-refractivity contribution in [3.8, 4) is 28.3 Å². The number of ether oxygens (including phenoxy) is 2. The van der Waals surface area contributed by atoms with E-state index >= 15 is 8.78 Å². The predicted octanol–water partition coefficient (Wildman–Crippen LogP) is 7.58. The monoisotopic (exact) mass is 696 g/mol. The lowest BCUT2D eigenvalue weighted by Crippen LogP contribution is -2.34. The molecule has 1 aliphatic carbocycles. The molecule has 1 aliphatic heterocycles. The summed E-state index contributed by atoms with van der Waals surface area (Å²) in [6.45, 7) is 7.11. The van der Waals surface area contributed by atoms with Gasteiger partial charge >= 0.3 is 0 Å². The van der Waals surface area contributed by atoms with Crippen molar-refractivity contribution in [2.75, 3.05) is 24.7 Å². The summed E-state index contributed by atoms with van der Waals surface area (Å²) in [5, 5.41) is 11.5. The first kappa shape index (κ1) is 33.7. The second-order valence-corrected chi connectivity index (χ2v) is 19.7. The highest BCUT2D eigenvalue weighted by molar-refractivity contribution is 6.76. The van der Waals surface area contributed by atoms with E-state index in [0.717, 1.165) is 30.7 Å². The number of hydrogen-bond acceptors (Lipinski definition) is 7. The van der Waals surface area contributed by atoms with Gasteiger partial charge in [0.1, 0.15) is 41.9 Å². The van der Waals surface area contributed by atoms with Gasteiger partial charge in [0.25, 0.3) is 5.91 Å². The molecule has 12 heteroatoms. The van der Waals surface area contributed by atoms with Crippen LogP contribution in [0.2, 0.25) is 25.7 Å². The van der Waals surface area contributed by atoms with Gasteiger partial charge < -0.3 is 19.5 Å². The zero-order valence-corrected chi connectivity index (χ0v) is 29.2. The number of hydrogen-bond donors (Lipinski definition) is 1. The lowest BCUT2D eigenvalue weighted by Gasteiger charge is -2.25. The third-order valence-electron chi connectivity index (χ3n) is 9.29. The Morgan fingerprint density at radius 2 is 1.88 bits per heavy atom. The number of aldehydes is 1. The number of benzene rings is 2. The second-order valence-electron chi connectivity index (χ2n) is 14.1. The smallest absolute Gasteiger partial charge is 0.265 e. The number of carbonyl (C=O) groups is 2. The van der Waals surface area contributed by atoms with Gasteiger partial charge in [-0.05, 0) is 90.0 Å². The lowest BCUT2D eigenvalue weighted by atomic mass is 9.95. The molecule has 5 aromatic rings. The SMILES string of the molecule is C[Si](C)(C)CCOCn1c(-c2ccc(C=O)cn2)cc2c(-c3cc(F)cc(N4CCOc5cc(C6CC6)cc(F)c5C4=O)c3CO)ccnc21. The highest BCUT2D eigenvalue weighted by Gasteiger charge is 2.33. The fraction of sp³-hybridized carbons (Fsp3) is 0.316. The molecule has 0 spiro atoms. The number of pyridine rings is 2. The number of nitrogens with zero attached hydrogens (tertiary/aromatic N) is 4. The van der Waals surface area contributed by atoms with E-state index in [4.69, 9.17) is 9.47 Å². The zero-order valence-electron chi connectivity index (χ0n) is 28.2. The number of carbonyl (C=O) groups excluding carboxylic acids is 2. The molecule has 2 aliphatic rings. The first-order chi connectivity index (χ1) is 24.1. The minimum absolute atomic E-state index is 0.0190. The Hall–Kier alpha value is -4.78. The molecule has 0 saturated heterocycles. The van der Waals surface area contributed by atoms with E-state index in [-0.39, 0.29) is 42.8 Å². The molecule has 50 heavy (non-hydrogen) atoms. The first-order valence-corrected chi connectivity index (χ1v) is 20.5. The molecule has 0 atom stereocenters. The quantitative estimate of drug-likeness (QED) is 0.0863. The van der Waals surface area contributed by atoms with Crippen molar-refractivity contribution < 1.29 is 33.0 Å². The van der Waals surface area contributed by atoms with Crippen LogP contribution in [0.25, 0.3) is 33.5 Å². The van der Waals surface area contributed by atoms with Crippen LogP contribution in [-0.2, 0) is 18.1 Å². The van der Waals surface area contributed by atoms with Crippen LogP contribution in [0.3, 0.4) is 0 Å². The number of rotatable bonds is 11. The molecule has 1 N–H and O–H groups in total. The summed E-state index contributed by atoms with van der Waals surface area (Å²) in [4.78, 5) is 35.8. The van der Waals surface area contributed by atoms with Crippen LogP contribution in [-0.4, -0.2) is 59.7 Å². The van der Waals surface area contributed by atoms with Crippen molar-refractivity contribution in [1.29, 1.82) is 0 Å². The van der Waals surface area contributed by atoms with Crippen LogP contribution in [0.5, 0.6) is 5.75 Å². The van der Waals surface area contributed by atoms with Crippen LogP contribution in [0.4, 0.5) is 14.5 Å². The average molecular weight is 697 g/mol. The number of aliphatic hydroxyl groups excluding tert-OH is 1. The summed E-state index contributed by atoms with van der Waals surface area (Å²) in [6.07, 6.45) is 5.74. The molecular formula is C38H38F2N4O5Si. The maximum atomic E-state index is 15.7. The van der Waals surface area contributed by atoms with Crippen LogP contribution in [0.15, 0.2) is 60.9 Å². The second kappa shape index (κ2) is 13.5. The van der Waals surface area contributed by atoms with Crippen molar-refractivity contribution in [1.82, 2.24) is 14.5 Å². The molecule has 3 aromatic heterocycles. The molecule has 1 amide bonds. The maximum Gasteiger partial charge on any atom is 0.265 e. The summed E-state index contributed by atoms with van der Waals surface area (Å²) in [5.74, 6) is -1.56. The Balaban J connectivity index is 1.33. The third kappa shape index (κ3) is 6.58. The number of aliphatic hydroxyl groups is 1. The normalized spacial score (nSPS) is 14.8. The molecular weight excluding hydrogens is 659 g/mol. The van der Waals surface area contributed by atoms with Crippen molar-refractivity contribution in [2.24, 2.45) is 0 Å². The molecule has 0 unspecified atom stereocenters. The van der Waals surface area contributed by atoms with E-state index in [9.17, 15) is 14.7 Å². The minimum Gasteiger partial charge on any atom is -0.491 e. The highest BCUT2D eigenvalue weighted by atomic mass is 28.3. The van der Waals surface area contributed by atoms with E-state index in [1.807, 2.05) is 10.6 Å². The topological polar surface area (TPSA) is 107 Å². The van der Waals surface area contributed by atoms with E-state index in [2.05, 4.69) is 29.6 Å². The number of anilines is 1. The molecule has 0 radical (unpaired) electrons. The molecule has 1 saturated carbocycles. The Labute approximate surface area is 289 Å². The minimum atomic E-state index is -1.36. The van der Waals surface area contributed by atoms with E-state index in [1.165, 1.54) is 29.3 Å². The molecule has 258 valence electrons. The van der Waals surface area contributed by atoms with Crippen LogP contribution in [0, 0.1) is 11.6 Å². The van der Waals surface area contributed by atoms with Gasteiger partial charge in [0.15, 0.2) is 6.29 Å². The van der Waals surface area contributed by atoms with Crippen LogP contribution >= 0.6 is 0 Å². The summed E-state index contributed by atoms with van der Waals surface area (Å²) < 4.78 is 45.1. The van der Waals surface area contributed by atoms with E-state index in [1.54, 1.807) is 30.5 Å². The molecule has 1 fully saturated rings. The molecule has 7 rings (SSSR count). The Morgan fingerprint density at radius 3 is 2.58 bits per heavy atom. The molecule has 0 bridgehead atoms. The van der Waals surface area contributed by atoms with Crippen molar-refractivity contribution in [3.05, 3.63) is 94.8 Å². The van der Waals surface area contributed by atoms with Gasteiger partial charge in [-0.15, -0.1) is 0 Å². The van der Waals surface area contributed by atoms with Gasteiger partial charge in [0.05, 0.1) is 30.2 Å². The standard InChI is InChI=1S/C38H38F2N4O5Si/c1-50(2,3)13-12-48-22-44-34(32-7-4-23(20-45)19-42-32)18-29-27(8-9-41-37(29)44)28-16-26(39)17-33(30(28)21-46)43-10-11-49-35-15-25(24-5-6-24)14-31(40)36(35)38(43)47/h4,7-9,14-20,24,46H,5-6,10-13,21-22H2,1-3H3. The van der Waals surface area contributed by atoms with Gasteiger partial charge in [-0.25, -0.2) is 13.8 Å². The van der Waals surface area contributed by atoms with Crippen molar-refractivity contribution >= 4 is 37.0 Å². The maximum absolute atomic E-state index is 15.7. The summed E-state index contributed by atoms with van der Waals surface area (Å²) >= 11 is 0. The molecule has 9 nitrogen and oxygen atoms in total. The number of aromatic nitrogens is 3. The summed E-state index contributed by atoms with van der Waals surface area (Å²) in [7, 11) is -1.36. The fourth-order valence-corrected chi connectivity index (χ4v) is 7.20. The first-order valence-electron chi connectivity index (χ1n) is 16.8. The van der Waals surface area contributed by atoms with Crippen LogP contribution in [0.1, 0.15) is 50.6 Å². The Morgan fingerprint density at radius 1 is 1.06 bits per heavy atom. The Bertz CT molecular complexity index is 2110.